The van der Waals surface area contributed by atoms with Crippen LogP contribution in [0.2, 0.25) is 0 Å². The molecule has 0 unspecified atom stereocenters. The van der Waals surface area contributed by atoms with Gasteiger partial charge >= 0.3 is 0 Å². The molecule has 0 aliphatic rings. The van der Waals surface area contributed by atoms with Crippen molar-refractivity contribution in [1.29, 1.82) is 0 Å². The van der Waals surface area contributed by atoms with Crippen LogP contribution in [0, 0.1) is 0 Å². The van der Waals surface area contributed by atoms with E-state index in [1.807, 2.05) is 42.5 Å². The van der Waals surface area contributed by atoms with Crippen molar-refractivity contribution in [1.82, 2.24) is 0 Å². The first kappa shape index (κ1) is 16.2. The molecule has 1 N–H and O–H groups in total. The minimum absolute atomic E-state index is 0.307. The molecule has 0 amide bonds. The highest BCUT2D eigenvalue weighted by Gasteiger charge is 2.12. The Balaban J connectivity index is 1.84. The Kier molecular flexibility index (Phi) is 4.53. The van der Waals surface area contributed by atoms with Crippen molar-refractivity contribution >= 4 is 0 Å². The van der Waals surface area contributed by atoms with Crippen molar-refractivity contribution in [2.24, 2.45) is 0 Å². The summed E-state index contributed by atoms with van der Waals surface area (Å²) in [5, 5.41) is 10.4. The zero-order valence-corrected chi connectivity index (χ0v) is 14.5. The Morgan fingerprint density at radius 1 is 0.500 bits per heavy atom. The molecule has 0 saturated carbocycles. The number of para-hydroxylation sites is 1. The van der Waals surface area contributed by atoms with Crippen LogP contribution in [-0.2, 0) is 6.42 Å². The Hall–Kier alpha value is -3.32. The Bertz CT molecular complexity index is 1000. The maximum absolute atomic E-state index is 10.4. The lowest BCUT2D eigenvalue weighted by molar-refractivity contribution is 0.477. The van der Waals surface area contributed by atoms with Gasteiger partial charge in [-0.1, -0.05) is 97.1 Å². The molecule has 0 radical (unpaired) electrons. The summed E-state index contributed by atoms with van der Waals surface area (Å²) in [4.78, 5) is 0. The van der Waals surface area contributed by atoms with Crippen molar-refractivity contribution in [3.63, 3.8) is 0 Å². The summed E-state index contributed by atoms with van der Waals surface area (Å²) in [6.45, 7) is 0. The molecular formula is C25H20O. The van der Waals surface area contributed by atoms with E-state index in [1.165, 1.54) is 11.1 Å². The second kappa shape index (κ2) is 7.28. The van der Waals surface area contributed by atoms with E-state index in [4.69, 9.17) is 0 Å². The van der Waals surface area contributed by atoms with E-state index in [0.29, 0.717) is 5.75 Å². The van der Waals surface area contributed by atoms with Gasteiger partial charge in [0.2, 0.25) is 0 Å². The molecule has 0 atom stereocenters. The number of phenols is 1. The number of phenolic OH excluding ortho intramolecular Hbond substituents is 1. The van der Waals surface area contributed by atoms with E-state index >= 15 is 0 Å². The van der Waals surface area contributed by atoms with Crippen LogP contribution in [0.15, 0.2) is 103 Å². The van der Waals surface area contributed by atoms with E-state index in [1.54, 1.807) is 6.07 Å². The Labute approximate surface area is 154 Å². The molecule has 0 aliphatic heterocycles. The second-order valence-corrected chi connectivity index (χ2v) is 6.43. The molecule has 0 saturated heterocycles. The first-order valence-electron chi connectivity index (χ1n) is 8.82. The molecule has 4 aromatic carbocycles. The van der Waals surface area contributed by atoms with Gasteiger partial charge in [0.1, 0.15) is 5.75 Å². The van der Waals surface area contributed by atoms with Gasteiger partial charge in [-0.25, -0.2) is 0 Å². The third-order valence-electron chi connectivity index (χ3n) is 4.61. The van der Waals surface area contributed by atoms with E-state index in [9.17, 15) is 5.11 Å². The van der Waals surface area contributed by atoms with Gasteiger partial charge in [-0.05, 0) is 40.3 Å². The van der Waals surface area contributed by atoms with Crippen LogP contribution >= 0.6 is 0 Å². The number of benzene rings is 4. The quantitative estimate of drug-likeness (QED) is 0.462. The molecule has 1 nitrogen and oxygen atoms in total. The van der Waals surface area contributed by atoms with E-state index in [-0.39, 0.29) is 0 Å². The standard InChI is InChI=1S/C25H20O/c26-25-14-8-7-13-23(25)24-18-20(17-19-9-3-1-4-10-19)15-16-22(24)21-11-5-2-6-12-21/h1-16,18,26H,17H2. The summed E-state index contributed by atoms with van der Waals surface area (Å²) in [6, 6.07) is 34.9. The smallest absolute Gasteiger partial charge is 0.123 e. The molecule has 0 spiro atoms. The second-order valence-electron chi connectivity index (χ2n) is 6.43. The molecule has 0 bridgehead atoms. The molecule has 1 heteroatoms. The minimum atomic E-state index is 0.307. The Morgan fingerprint density at radius 2 is 1.15 bits per heavy atom. The first-order valence-corrected chi connectivity index (χ1v) is 8.82. The van der Waals surface area contributed by atoms with Crippen molar-refractivity contribution in [2.75, 3.05) is 0 Å². The van der Waals surface area contributed by atoms with Crippen LogP contribution < -0.4 is 0 Å². The number of hydrogen-bond donors (Lipinski definition) is 1. The number of rotatable bonds is 4. The third-order valence-corrected chi connectivity index (χ3v) is 4.61. The van der Waals surface area contributed by atoms with Crippen molar-refractivity contribution in [2.45, 2.75) is 6.42 Å². The highest BCUT2D eigenvalue weighted by Crippen LogP contribution is 2.37. The summed E-state index contributed by atoms with van der Waals surface area (Å²) < 4.78 is 0. The van der Waals surface area contributed by atoms with Gasteiger partial charge in [0.15, 0.2) is 0 Å². The molecule has 26 heavy (non-hydrogen) atoms. The van der Waals surface area contributed by atoms with Gasteiger partial charge in [-0.15, -0.1) is 0 Å². The summed E-state index contributed by atoms with van der Waals surface area (Å²) >= 11 is 0. The van der Waals surface area contributed by atoms with Gasteiger partial charge in [-0.2, -0.15) is 0 Å². The van der Waals surface area contributed by atoms with Crippen LogP contribution in [0.3, 0.4) is 0 Å². The fraction of sp³-hybridized carbons (Fsp3) is 0.0400. The zero-order chi connectivity index (χ0) is 17.8. The van der Waals surface area contributed by atoms with Crippen LogP contribution in [-0.4, -0.2) is 5.11 Å². The van der Waals surface area contributed by atoms with Gasteiger partial charge in [0, 0.05) is 5.56 Å². The fourth-order valence-electron chi connectivity index (χ4n) is 3.33. The maximum Gasteiger partial charge on any atom is 0.123 e. The van der Waals surface area contributed by atoms with Crippen LogP contribution in [0.25, 0.3) is 22.3 Å². The molecule has 4 aromatic rings. The van der Waals surface area contributed by atoms with Crippen LogP contribution in [0.5, 0.6) is 5.75 Å². The number of hydrogen-bond acceptors (Lipinski definition) is 1. The van der Waals surface area contributed by atoms with Crippen molar-refractivity contribution in [3.05, 3.63) is 114 Å². The largest absolute Gasteiger partial charge is 0.507 e. The summed E-state index contributed by atoms with van der Waals surface area (Å²) in [5.74, 6) is 0.307. The molecule has 4 rings (SSSR count). The molecular weight excluding hydrogens is 316 g/mol. The third kappa shape index (κ3) is 3.38. The average Bonchev–Trinajstić information content (AvgIpc) is 2.70. The predicted molar refractivity (Wildman–Crippen MR) is 108 cm³/mol. The summed E-state index contributed by atoms with van der Waals surface area (Å²) in [5.41, 5.74) is 6.71. The SMILES string of the molecule is Oc1ccccc1-c1cc(Cc2ccccc2)ccc1-c1ccccc1. The predicted octanol–water partition coefficient (Wildman–Crippen LogP) is 6.32. The van der Waals surface area contributed by atoms with Crippen molar-refractivity contribution in [3.8, 4) is 28.0 Å². The van der Waals surface area contributed by atoms with Gasteiger partial charge in [0.05, 0.1) is 0 Å². The molecule has 0 aromatic heterocycles. The lowest BCUT2D eigenvalue weighted by Crippen LogP contribution is -1.92. The minimum Gasteiger partial charge on any atom is -0.507 e. The van der Waals surface area contributed by atoms with Crippen LogP contribution in [0.4, 0.5) is 0 Å². The highest BCUT2D eigenvalue weighted by atomic mass is 16.3. The zero-order valence-electron chi connectivity index (χ0n) is 14.5. The molecule has 0 fully saturated rings. The lowest BCUT2D eigenvalue weighted by Gasteiger charge is -2.14. The van der Waals surface area contributed by atoms with Gasteiger partial charge in [-0.3, -0.25) is 0 Å². The normalized spacial score (nSPS) is 10.6. The maximum atomic E-state index is 10.4. The van der Waals surface area contributed by atoms with E-state index < -0.39 is 0 Å². The van der Waals surface area contributed by atoms with Gasteiger partial charge in [0.25, 0.3) is 0 Å². The highest BCUT2D eigenvalue weighted by molar-refractivity contribution is 5.86. The van der Waals surface area contributed by atoms with Crippen molar-refractivity contribution < 1.29 is 5.11 Å². The topological polar surface area (TPSA) is 20.2 Å². The molecule has 0 heterocycles. The molecule has 126 valence electrons. The van der Waals surface area contributed by atoms with Crippen LogP contribution in [0.1, 0.15) is 11.1 Å². The number of aromatic hydroxyl groups is 1. The first-order chi connectivity index (χ1) is 12.8. The van der Waals surface area contributed by atoms with E-state index in [2.05, 4.69) is 54.6 Å². The molecule has 0 aliphatic carbocycles. The monoisotopic (exact) mass is 336 g/mol. The average molecular weight is 336 g/mol. The fourth-order valence-corrected chi connectivity index (χ4v) is 3.33. The van der Waals surface area contributed by atoms with Gasteiger partial charge < -0.3 is 5.11 Å². The summed E-state index contributed by atoms with van der Waals surface area (Å²) in [7, 11) is 0. The van der Waals surface area contributed by atoms with E-state index in [0.717, 1.165) is 28.7 Å². The Morgan fingerprint density at radius 3 is 1.88 bits per heavy atom. The lowest BCUT2D eigenvalue weighted by atomic mass is 9.91. The summed E-state index contributed by atoms with van der Waals surface area (Å²) in [6.07, 6.45) is 0.872.